The van der Waals surface area contributed by atoms with Crippen LogP contribution < -0.4 is 20.8 Å². The number of halogens is 3. The zero-order chi connectivity index (χ0) is 30.5. The van der Waals surface area contributed by atoms with Crippen molar-refractivity contribution in [3.63, 3.8) is 0 Å². The highest BCUT2D eigenvalue weighted by molar-refractivity contribution is 5.99. The second-order valence-corrected chi connectivity index (χ2v) is 11.4. The van der Waals surface area contributed by atoms with E-state index in [4.69, 9.17) is 4.74 Å². The molecule has 3 amide bonds. The molecule has 0 aliphatic carbocycles. The van der Waals surface area contributed by atoms with Gasteiger partial charge in [-0.05, 0) is 25.3 Å². The Hall–Kier alpha value is -4.61. The van der Waals surface area contributed by atoms with Gasteiger partial charge in [-0.15, -0.1) is 0 Å². The van der Waals surface area contributed by atoms with E-state index in [1.54, 1.807) is 33.7 Å². The summed E-state index contributed by atoms with van der Waals surface area (Å²) in [6, 6.07) is 9.32. The Morgan fingerprint density at radius 1 is 1.12 bits per heavy atom. The molecule has 3 aliphatic rings. The molecule has 3 atom stereocenters. The first-order valence-electron chi connectivity index (χ1n) is 14.0. The van der Waals surface area contributed by atoms with Crippen molar-refractivity contribution in [2.24, 2.45) is 5.41 Å². The summed E-state index contributed by atoms with van der Waals surface area (Å²) in [5.74, 6) is -5.32. The number of carbonyl (C=O) groups excluding carboxylic acids is 3. The first kappa shape index (κ1) is 28.5. The summed E-state index contributed by atoms with van der Waals surface area (Å²) in [7, 11) is 0. The van der Waals surface area contributed by atoms with Crippen LogP contribution in [0, 0.1) is 22.9 Å². The average molecular weight is 595 g/mol. The molecular weight excluding hydrogens is 565 g/mol. The largest absolute Gasteiger partial charge is 0.483 e. The molecule has 1 aromatic heterocycles. The van der Waals surface area contributed by atoms with Gasteiger partial charge in [0, 0.05) is 61.4 Å². The number of amides is 3. The smallest absolute Gasteiger partial charge is 0.274 e. The molecule has 43 heavy (non-hydrogen) atoms. The van der Waals surface area contributed by atoms with Gasteiger partial charge in [0.2, 0.25) is 11.3 Å². The Morgan fingerprint density at radius 2 is 1.84 bits per heavy atom. The van der Waals surface area contributed by atoms with Crippen molar-refractivity contribution in [1.82, 2.24) is 20.1 Å². The van der Waals surface area contributed by atoms with Gasteiger partial charge in [0.05, 0.1) is 6.04 Å². The third kappa shape index (κ3) is 5.04. The fourth-order valence-corrected chi connectivity index (χ4v) is 6.41. The van der Waals surface area contributed by atoms with E-state index in [2.05, 4.69) is 10.6 Å². The van der Waals surface area contributed by atoms with Crippen LogP contribution in [-0.4, -0.2) is 46.3 Å². The summed E-state index contributed by atoms with van der Waals surface area (Å²) in [6.07, 6.45) is 2.75. The summed E-state index contributed by atoms with van der Waals surface area (Å²) in [6.45, 7) is 1.82. The maximum Gasteiger partial charge on any atom is 0.274 e. The Morgan fingerprint density at radius 3 is 2.51 bits per heavy atom. The normalized spacial score (nSPS) is 22.7. The Kier molecular flexibility index (Phi) is 7.23. The molecule has 2 N–H and O–H groups in total. The van der Waals surface area contributed by atoms with Gasteiger partial charge in [0.15, 0.2) is 11.4 Å². The maximum atomic E-state index is 14.3. The van der Waals surface area contributed by atoms with Gasteiger partial charge in [0.1, 0.15) is 29.6 Å². The van der Waals surface area contributed by atoms with E-state index in [1.807, 2.05) is 13.0 Å². The molecule has 2 bridgehead atoms. The van der Waals surface area contributed by atoms with Gasteiger partial charge in [0.25, 0.3) is 11.8 Å². The highest BCUT2D eigenvalue weighted by Crippen LogP contribution is 2.49. The molecule has 6 rings (SSSR count). The number of pyridine rings is 1. The molecule has 3 aromatic rings. The second-order valence-electron chi connectivity index (χ2n) is 11.4. The van der Waals surface area contributed by atoms with Crippen LogP contribution >= 0.6 is 0 Å². The monoisotopic (exact) mass is 594 g/mol. The number of hydrogen-bond donors (Lipinski definition) is 2. The molecule has 12 heteroatoms. The minimum absolute atomic E-state index is 0.0168. The van der Waals surface area contributed by atoms with Crippen LogP contribution in [0.4, 0.5) is 13.2 Å². The van der Waals surface area contributed by atoms with Crippen molar-refractivity contribution in [2.75, 3.05) is 13.1 Å². The highest BCUT2D eigenvalue weighted by Gasteiger charge is 2.52. The van der Waals surface area contributed by atoms with Crippen LogP contribution in [0.25, 0.3) is 0 Å². The number of ether oxygens (including phenoxy) is 1. The molecule has 4 heterocycles. The van der Waals surface area contributed by atoms with Gasteiger partial charge in [-0.25, -0.2) is 13.2 Å². The van der Waals surface area contributed by atoms with Crippen LogP contribution in [0.2, 0.25) is 0 Å². The molecule has 0 saturated carbocycles. The van der Waals surface area contributed by atoms with Crippen LogP contribution in [-0.2, 0) is 17.9 Å². The van der Waals surface area contributed by atoms with E-state index >= 15 is 0 Å². The van der Waals surface area contributed by atoms with Gasteiger partial charge in [-0.2, -0.15) is 0 Å². The number of fused-ring (bicyclic) bond motifs is 5. The first-order chi connectivity index (χ1) is 20.6. The molecule has 2 fully saturated rings. The Balaban J connectivity index is 1.46. The SMILES string of the molecule is C[C@H]1CC[C@@]2(CNC(=O)C2)C2CN1C(=O)c1c(OCc3ccccc3)c(=O)c(C(=O)NCc3c(F)cc(F)cc3F)cn12. The number of nitrogens with zero attached hydrogens (tertiary/aromatic N) is 2. The van der Waals surface area contributed by atoms with Crippen LogP contribution in [0.3, 0.4) is 0 Å². The molecule has 1 spiro atoms. The van der Waals surface area contributed by atoms with Crippen molar-refractivity contribution in [3.05, 3.63) is 98.7 Å². The second kappa shape index (κ2) is 10.9. The van der Waals surface area contributed by atoms with E-state index in [0.717, 1.165) is 0 Å². The predicted molar refractivity (Wildman–Crippen MR) is 148 cm³/mol. The highest BCUT2D eigenvalue weighted by atomic mass is 19.1. The lowest BCUT2D eigenvalue weighted by Crippen LogP contribution is -2.51. The lowest BCUT2D eigenvalue weighted by molar-refractivity contribution is -0.119. The predicted octanol–water partition coefficient (Wildman–Crippen LogP) is 3.46. The van der Waals surface area contributed by atoms with Crippen LogP contribution in [0.5, 0.6) is 5.75 Å². The number of rotatable bonds is 6. The molecule has 9 nitrogen and oxygen atoms in total. The lowest BCUT2D eigenvalue weighted by atomic mass is 9.75. The summed E-state index contributed by atoms with van der Waals surface area (Å²) in [4.78, 5) is 55.4. The summed E-state index contributed by atoms with van der Waals surface area (Å²) >= 11 is 0. The fourth-order valence-electron chi connectivity index (χ4n) is 6.41. The van der Waals surface area contributed by atoms with E-state index in [-0.39, 0.29) is 43.0 Å². The van der Waals surface area contributed by atoms with E-state index in [1.165, 1.54) is 6.20 Å². The van der Waals surface area contributed by atoms with Gasteiger partial charge < -0.3 is 24.8 Å². The molecule has 224 valence electrons. The van der Waals surface area contributed by atoms with E-state index in [0.29, 0.717) is 37.1 Å². The zero-order valence-electron chi connectivity index (χ0n) is 23.3. The standard InChI is InChI=1S/C31H29F3N4O5/c1-17-7-8-31(11-25(39)36-16-31)24-14-37(17)30(42)26-28(43-15-18-5-3-2-4-6-18)27(40)21(13-38(24)26)29(41)35-12-20-22(33)9-19(32)10-23(20)34/h2-6,9-10,13,17,24H,7-8,11-12,14-16H2,1H3,(H,35,41)(H,36,39)/t17-,24?,31+/m0/s1. The average Bonchev–Trinajstić information content (AvgIpc) is 3.30. The lowest BCUT2D eigenvalue weighted by Gasteiger charge is -2.43. The molecule has 1 unspecified atom stereocenters. The zero-order valence-corrected chi connectivity index (χ0v) is 23.3. The van der Waals surface area contributed by atoms with Gasteiger partial charge >= 0.3 is 0 Å². The van der Waals surface area contributed by atoms with Crippen LogP contribution in [0.15, 0.2) is 53.5 Å². The van der Waals surface area contributed by atoms with Crippen molar-refractivity contribution in [2.45, 2.75) is 51.4 Å². The van der Waals surface area contributed by atoms with E-state index in [9.17, 15) is 32.3 Å². The Bertz CT molecular complexity index is 1670. The third-order valence-corrected chi connectivity index (χ3v) is 8.81. The molecule has 3 aliphatic heterocycles. The molecule has 2 saturated heterocycles. The van der Waals surface area contributed by atoms with Crippen molar-refractivity contribution in [3.8, 4) is 5.75 Å². The number of nitrogens with one attached hydrogen (secondary N) is 2. The third-order valence-electron chi connectivity index (χ3n) is 8.81. The summed E-state index contributed by atoms with van der Waals surface area (Å²) in [5.41, 5.74) is -1.73. The van der Waals surface area contributed by atoms with E-state index < -0.39 is 63.8 Å². The minimum atomic E-state index is -1.19. The first-order valence-corrected chi connectivity index (χ1v) is 14.0. The topological polar surface area (TPSA) is 110 Å². The number of carbonyl (C=O) groups is 3. The fraction of sp³-hybridized carbons (Fsp3) is 0.355. The summed E-state index contributed by atoms with van der Waals surface area (Å²) in [5, 5.41) is 5.25. The molecule has 0 radical (unpaired) electrons. The van der Waals surface area contributed by atoms with Gasteiger partial charge in [-0.3, -0.25) is 19.2 Å². The van der Waals surface area contributed by atoms with Crippen molar-refractivity contribution in [1.29, 1.82) is 0 Å². The quantitative estimate of drug-likeness (QED) is 0.455. The molecule has 2 aromatic carbocycles. The number of hydrogen-bond acceptors (Lipinski definition) is 5. The Labute approximate surface area is 244 Å². The number of benzene rings is 2. The molecular formula is C31H29F3N4O5. The van der Waals surface area contributed by atoms with Crippen LogP contribution in [0.1, 0.15) is 64.2 Å². The minimum Gasteiger partial charge on any atom is -0.483 e. The number of aromatic nitrogens is 1. The van der Waals surface area contributed by atoms with Crippen molar-refractivity contribution >= 4 is 17.7 Å². The maximum absolute atomic E-state index is 14.3. The van der Waals surface area contributed by atoms with Crippen molar-refractivity contribution < 1.29 is 32.3 Å². The summed E-state index contributed by atoms with van der Waals surface area (Å²) < 4.78 is 49.5. The van der Waals surface area contributed by atoms with Gasteiger partial charge in [-0.1, -0.05) is 30.3 Å².